The number of methoxy groups -OCH3 is 2. The first kappa shape index (κ1) is 17.9. The van der Waals surface area contributed by atoms with E-state index in [1.807, 2.05) is 6.07 Å². The van der Waals surface area contributed by atoms with Crippen LogP contribution in [0.3, 0.4) is 0 Å². The summed E-state index contributed by atoms with van der Waals surface area (Å²) in [4.78, 5) is 0. The van der Waals surface area contributed by atoms with Crippen molar-refractivity contribution in [1.29, 1.82) is 0 Å². The standard InChI is InChI=1S/C21H24NO4.H2O/c1-22-7-6-14-9-19-20(26-12-25-19)10-15(14)17(22)8-13-4-5-18(23-2)21(24-3)16(13)11-22;/h4-5,9-10,17H,6-8,11-12H2,1-3H3;1H2/q+1;/p-1/t17-,22?;/m0./s1. The normalized spacial score (nSPS) is 24.2. The molecule has 1 N–H and O–H groups in total. The van der Waals surface area contributed by atoms with Gasteiger partial charge in [0.05, 0.1) is 33.4 Å². The fourth-order valence-corrected chi connectivity index (χ4v) is 4.88. The van der Waals surface area contributed by atoms with E-state index in [1.54, 1.807) is 14.2 Å². The lowest BCUT2D eigenvalue weighted by molar-refractivity contribution is -0.956. The maximum atomic E-state index is 5.72. The van der Waals surface area contributed by atoms with E-state index in [-0.39, 0.29) is 5.48 Å². The Bertz CT molecular complexity index is 897. The van der Waals surface area contributed by atoms with Crippen molar-refractivity contribution < 1.29 is 28.9 Å². The second-order valence-electron chi connectivity index (χ2n) is 7.67. The van der Waals surface area contributed by atoms with Crippen molar-refractivity contribution in [1.82, 2.24) is 0 Å². The lowest BCUT2D eigenvalue weighted by atomic mass is 9.81. The van der Waals surface area contributed by atoms with Crippen LogP contribution in [0.25, 0.3) is 0 Å². The van der Waals surface area contributed by atoms with Crippen LogP contribution in [0.4, 0.5) is 0 Å². The third kappa shape index (κ3) is 2.55. The van der Waals surface area contributed by atoms with E-state index >= 15 is 0 Å². The molecule has 0 aliphatic carbocycles. The summed E-state index contributed by atoms with van der Waals surface area (Å²) in [7, 11) is 5.79. The Morgan fingerprint density at radius 1 is 1.04 bits per heavy atom. The molecule has 0 bridgehead atoms. The van der Waals surface area contributed by atoms with Gasteiger partial charge in [-0.2, -0.15) is 0 Å². The van der Waals surface area contributed by atoms with Crippen molar-refractivity contribution in [2.75, 3.05) is 34.6 Å². The van der Waals surface area contributed by atoms with E-state index in [4.69, 9.17) is 18.9 Å². The van der Waals surface area contributed by atoms with E-state index in [1.165, 1.54) is 22.3 Å². The average Bonchev–Trinajstić information content (AvgIpc) is 3.11. The van der Waals surface area contributed by atoms with Crippen molar-refractivity contribution >= 4 is 0 Å². The number of benzene rings is 2. The summed E-state index contributed by atoms with van der Waals surface area (Å²) in [5.74, 6) is 3.48. The molecule has 0 saturated heterocycles. The van der Waals surface area contributed by atoms with Gasteiger partial charge in [-0.15, -0.1) is 0 Å². The quantitative estimate of drug-likeness (QED) is 0.759. The number of hydrogen-bond acceptors (Lipinski definition) is 5. The van der Waals surface area contributed by atoms with Gasteiger partial charge in [0, 0.05) is 18.4 Å². The van der Waals surface area contributed by atoms with Crippen LogP contribution < -0.4 is 18.9 Å². The molecule has 0 radical (unpaired) electrons. The summed E-state index contributed by atoms with van der Waals surface area (Å²) in [5, 5.41) is 0. The Kier molecular flexibility index (Phi) is 4.20. The van der Waals surface area contributed by atoms with Gasteiger partial charge in [0.25, 0.3) is 0 Å². The number of hydrogen-bond donors (Lipinski definition) is 0. The summed E-state index contributed by atoms with van der Waals surface area (Å²) >= 11 is 0. The molecule has 1 unspecified atom stereocenters. The molecule has 27 heavy (non-hydrogen) atoms. The molecule has 0 aromatic heterocycles. The van der Waals surface area contributed by atoms with Gasteiger partial charge in [-0.3, -0.25) is 0 Å². The van der Waals surface area contributed by atoms with Gasteiger partial charge in [-0.05, 0) is 29.3 Å². The zero-order valence-corrected chi connectivity index (χ0v) is 15.9. The molecule has 6 heteroatoms. The molecule has 5 rings (SSSR count). The van der Waals surface area contributed by atoms with Crippen LogP contribution in [0.5, 0.6) is 23.0 Å². The molecule has 6 nitrogen and oxygen atoms in total. The smallest absolute Gasteiger partial charge is 0.231 e. The lowest BCUT2D eigenvalue weighted by Gasteiger charge is -2.49. The van der Waals surface area contributed by atoms with Crippen LogP contribution in [0, 0.1) is 0 Å². The maximum absolute atomic E-state index is 5.72. The van der Waals surface area contributed by atoms with Crippen molar-refractivity contribution in [3.63, 3.8) is 0 Å². The van der Waals surface area contributed by atoms with Crippen LogP contribution in [0.15, 0.2) is 24.3 Å². The predicted molar refractivity (Wildman–Crippen MR) is 99.0 cm³/mol. The maximum Gasteiger partial charge on any atom is 0.231 e. The summed E-state index contributed by atoms with van der Waals surface area (Å²) in [6.07, 6.45) is 2.05. The number of nitrogens with zero attached hydrogens (tertiary/aromatic N) is 1. The third-order valence-electron chi connectivity index (χ3n) is 6.32. The minimum Gasteiger partial charge on any atom is -0.870 e. The van der Waals surface area contributed by atoms with Gasteiger partial charge < -0.3 is 28.9 Å². The second-order valence-corrected chi connectivity index (χ2v) is 7.67. The highest BCUT2D eigenvalue weighted by Gasteiger charge is 2.45. The predicted octanol–water partition coefficient (Wildman–Crippen LogP) is 3.06. The first-order chi connectivity index (χ1) is 12.6. The molecule has 0 fully saturated rings. The summed E-state index contributed by atoms with van der Waals surface area (Å²) in [6, 6.07) is 9.05. The van der Waals surface area contributed by atoms with Gasteiger partial charge in [0.2, 0.25) is 6.79 Å². The highest BCUT2D eigenvalue weighted by atomic mass is 16.7. The van der Waals surface area contributed by atoms with Crippen LogP contribution in [-0.2, 0) is 19.4 Å². The number of likely N-dealkylation sites (N-methyl/N-ethyl adjacent to an activating group) is 1. The number of ether oxygens (including phenoxy) is 4. The molecule has 144 valence electrons. The minimum absolute atomic E-state index is 0. The molecule has 0 spiro atoms. The van der Waals surface area contributed by atoms with Crippen molar-refractivity contribution in [3.05, 3.63) is 46.5 Å². The molecule has 2 aromatic carbocycles. The minimum atomic E-state index is 0. The first-order valence-electron chi connectivity index (χ1n) is 9.12. The van der Waals surface area contributed by atoms with Gasteiger partial charge in [-0.25, -0.2) is 0 Å². The van der Waals surface area contributed by atoms with Crippen LogP contribution in [0.2, 0.25) is 0 Å². The van der Waals surface area contributed by atoms with Crippen LogP contribution in [0.1, 0.15) is 28.3 Å². The van der Waals surface area contributed by atoms with Gasteiger partial charge >= 0.3 is 0 Å². The van der Waals surface area contributed by atoms with Gasteiger partial charge in [0.15, 0.2) is 23.0 Å². The molecular formula is C21H25NO5. The van der Waals surface area contributed by atoms with Gasteiger partial charge in [0.1, 0.15) is 12.6 Å². The Balaban J connectivity index is 0.00000180. The molecule has 0 amide bonds. The molecule has 3 aliphatic heterocycles. The van der Waals surface area contributed by atoms with Crippen LogP contribution >= 0.6 is 0 Å². The second kappa shape index (κ2) is 6.32. The molecule has 3 aliphatic rings. The van der Waals surface area contributed by atoms with Crippen molar-refractivity contribution in [2.45, 2.75) is 25.4 Å². The molecule has 0 saturated carbocycles. The number of fused-ring (bicyclic) bond motifs is 5. The average molecular weight is 371 g/mol. The number of quaternary nitrogens is 1. The lowest BCUT2D eigenvalue weighted by Crippen LogP contribution is -2.53. The fourth-order valence-electron chi connectivity index (χ4n) is 4.88. The summed E-state index contributed by atoms with van der Waals surface area (Å²) in [6.45, 7) is 2.39. The van der Waals surface area contributed by atoms with Gasteiger partial charge in [-0.1, -0.05) is 6.07 Å². The van der Waals surface area contributed by atoms with E-state index < -0.39 is 0 Å². The fraction of sp³-hybridized carbons (Fsp3) is 0.429. The molecular weight excluding hydrogens is 346 g/mol. The SMILES string of the molecule is COc1ccc2c(c1OC)C[N+]1(C)CCc3cc4c(cc3[C@@H]1C2)OCO4.[OH-]. The largest absolute Gasteiger partial charge is 0.870 e. The topological polar surface area (TPSA) is 66.9 Å². The third-order valence-corrected chi connectivity index (χ3v) is 6.32. The van der Waals surface area contributed by atoms with E-state index in [2.05, 4.69) is 25.2 Å². The molecule has 2 atom stereocenters. The van der Waals surface area contributed by atoms with Crippen LogP contribution in [-0.4, -0.2) is 44.6 Å². The first-order valence-corrected chi connectivity index (χ1v) is 9.12. The molecule has 2 aromatic rings. The Hall–Kier alpha value is -2.44. The summed E-state index contributed by atoms with van der Waals surface area (Å²) in [5.41, 5.74) is 5.45. The Labute approximate surface area is 159 Å². The zero-order chi connectivity index (χ0) is 17.9. The van der Waals surface area contributed by atoms with E-state index in [0.29, 0.717) is 12.8 Å². The highest BCUT2D eigenvalue weighted by Crippen LogP contribution is 2.49. The Morgan fingerprint density at radius 3 is 2.56 bits per heavy atom. The zero-order valence-electron chi connectivity index (χ0n) is 15.9. The highest BCUT2D eigenvalue weighted by molar-refractivity contribution is 5.54. The van der Waals surface area contributed by atoms with E-state index in [9.17, 15) is 0 Å². The summed E-state index contributed by atoms with van der Waals surface area (Å²) < 4.78 is 23.5. The molecule has 3 heterocycles. The van der Waals surface area contributed by atoms with Crippen molar-refractivity contribution in [3.8, 4) is 23.0 Å². The van der Waals surface area contributed by atoms with E-state index in [0.717, 1.165) is 53.4 Å². The Morgan fingerprint density at radius 2 is 1.81 bits per heavy atom. The number of rotatable bonds is 2. The monoisotopic (exact) mass is 371 g/mol. The van der Waals surface area contributed by atoms with Crippen molar-refractivity contribution in [2.24, 2.45) is 0 Å².